The van der Waals surface area contributed by atoms with Gasteiger partial charge < -0.3 is 18.9 Å². The molecule has 0 aromatic carbocycles. The molecule has 0 aliphatic rings. The molecule has 0 radical (unpaired) electrons. The fourth-order valence-corrected chi connectivity index (χ4v) is 5.35. The zero-order valence-electron chi connectivity index (χ0n) is 30.1. The molecule has 46 heavy (non-hydrogen) atoms. The number of likely N-dealkylation sites (N-methyl/N-ethyl adjacent to an activating group) is 1. The van der Waals surface area contributed by atoms with Crippen LogP contribution in [-0.4, -0.2) is 74.9 Å². The van der Waals surface area contributed by atoms with E-state index in [2.05, 4.69) is 31.2 Å². The number of carbonyl (C=O) groups is 2. The number of hydrogen-bond acceptors (Lipinski definition) is 7. The Morgan fingerprint density at radius 3 is 1.76 bits per heavy atom. The van der Waals surface area contributed by atoms with E-state index in [1.54, 1.807) is 0 Å². The number of esters is 2. The van der Waals surface area contributed by atoms with E-state index >= 15 is 0 Å². The van der Waals surface area contributed by atoms with Crippen molar-refractivity contribution in [2.24, 2.45) is 0 Å². The molecule has 0 spiro atoms. The second-order valence-electron chi connectivity index (χ2n) is 13.3. The molecule has 270 valence electrons. The third-order valence-electron chi connectivity index (χ3n) is 7.45. The normalized spacial score (nSPS) is 14.1. The van der Waals surface area contributed by atoms with Crippen molar-refractivity contribution >= 4 is 19.8 Å². The van der Waals surface area contributed by atoms with Gasteiger partial charge in [-0.25, -0.2) is 4.57 Å². The predicted molar refractivity (Wildman–Crippen MR) is 187 cm³/mol. The van der Waals surface area contributed by atoms with Crippen LogP contribution >= 0.6 is 7.82 Å². The number of unbranched alkanes of at least 4 members (excludes halogenated alkanes) is 14. The third-order valence-corrected chi connectivity index (χ3v) is 8.44. The van der Waals surface area contributed by atoms with E-state index in [0.717, 1.165) is 25.7 Å². The third kappa shape index (κ3) is 32.4. The van der Waals surface area contributed by atoms with Gasteiger partial charge in [-0.2, -0.15) is 0 Å². The molecule has 2 unspecified atom stereocenters. The number of ether oxygens (including phenoxy) is 2. The van der Waals surface area contributed by atoms with Gasteiger partial charge in [0.25, 0.3) is 0 Å². The first kappa shape index (κ1) is 44.5. The quantitative estimate of drug-likeness (QED) is 0.0247. The first-order valence-electron chi connectivity index (χ1n) is 18.1. The largest absolute Gasteiger partial charge is 0.472 e. The summed E-state index contributed by atoms with van der Waals surface area (Å²) in [5, 5.41) is 0. The molecule has 9 nitrogen and oxygen atoms in total. The van der Waals surface area contributed by atoms with Gasteiger partial charge in [0.15, 0.2) is 6.10 Å². The van der Waals surface area contributed by atoms with E-state index in [4.69, 9.17) is 18.5 Å². The zero-order valence-corrected chi connectivity index (χ0v) is 31.0. The van der Waals surface area contributed by atoms with Crippen LogP contribution in [0.1, 0.15) is 142 Å². The van der Waals surface area contributed by atoms with Gasteiger partial charge in [-0.05, 0) is 44.9 Å². The standard InChI is InChI=1S/C36H68NO8P/c1-6-8-9-10-11-12-13-14-15-16-17-18-19-20-21-22-23-24-25-26-27-29-36(39)45-34(32-42-35(38)28-7-2)33-44-46(40,41)43-31-30-37(3,4)5/h13-14,16-17,34H,6-12,15,18-33H2,1-5H3/p+1/b14-13-,17-16-. The minimum absolute atomic E-state index is 0.0302. The van der Waals surface area contributed by atoms with Crippen LogP contribution in [0.3, 0.4) is 0 Å². The number of phosphoric ester groups is 1. The summed E-state index contributed by atoms with van der Waals surface area (Å²) in [6, 6.07) is 0. The number of rotatable bonds is 32. The van der Waals surface area contributed by atoms with E-state index in [9.17, 15) is 19.0 Å². The second-order valence-corrected chi connectivity index (χ2v) is 14.7. The minimum atomic E-state index is -4.34. The monoisotopic (exact) mass is 674 g/mol. The van der Waals surface area contributed by atoms with Crippen molar-refractivity contribution in [1.29, 1.82) is 0 Å². The van der Waals surface area contributed by atoms with Crippen LogP contribution in [0.5, 0.6) is 0 Å². The molecule has 0 rings (SSSR count). The van der Waals surface area contributed by atoms with Crippen molar-refractivity contribution in [3.05, 3.63) is 24.3 Å². The summed E-state index contributed by atoms with van der Waals surface area (Å²) in [5.74, 6) is -0.865. The number of carbonyl (C=O) groups excluding carboxylic acids is 2. The Kier molecular flexibility index (Phi) is 28.6. The SMILES string of the molecule is CCCCCCC/C=C\C/C=C\CCCCCCCCCCCC(=O)OC(COC(=O)CCC)COP(=O)(O)OCC[N+](C)(C)C. The Morgan fingerprint density at radius 1 is 0.674 bits per heavy atom. The van der Waals surface area contributed by atoms with Crippen molar-refractivity contribution in [1.82, 2.24) is 0 Å². The topological polar surface area (TPSA) is 108 Å². The maximum Gasteiger partial charge on any atom is 0.472 e. The molecule has 0 saturated heterocycles. The molecule has 0 fully saturated rings. The highest BCUT2D eigenvalue weighted by Gasteiger charge is 2.27. The lowest BCUT2D eigenvalue weighted by Gasteiger charge is -2.24. The molecular weight excluding hydrogens is 605 g/mol. The molecule has 0 saturated carbocycles. The van der Waals surface area contributed by atoms with Gasteiger partial charge >= 0.3 is 19.8 Å². The molecular formula is C36H69NO8P+. The van der Waals surface area contributed by atoms with E-state index in [-0.39, 0.29) is 26.1 Å². The summed E-state index contributed by atoms with van der Waals surface area (Å²) in [7, 11) is 1.47. The lowest BCUT2D eigenvalue weighted by atomic mass is 10.1. The van der Waals surface area contributed by atoms with Gasteiger partial charge in [0, 0.05) is 12.8 Å². The summed E-state index contributed by atoms with van der Waals surface area (Å²) in [6.45, 7) is 4.01. The molecule has 0 bridgehead atoms. The second kappa shape index (κ2) is 29.6. The average Bonchev–Trinajstić information content (AvgIpc) is 2.98. The lowest BCUT2D eigenvalue weighted by Crippen LogP contribution is -2.37. The van der Waals surface area contributed by atoms with Crippen molar-refractivity contribution in [3.8, 4) is 0 Å². The number of phosphoric acid groups is 1. The summed E-state index contributed by atoms with van der Waals surface area (Å²) in [5.41, 5.74) is 0. The van der Waals surface area contributed by atoms with Crippen LogP contribution in [0, 0.1) is 0 Å². The summed E-state index contributed by atoms with van der Waals surface area (Å²) >= 11 is 0. The van der Waals surface area contributed by atoms with E-state index in [0.29, 0.717) is 23.9 Å². The average molecular weight is 675 g/mol. The first-order valence-corrected chi connectivity index (χ1v) is 19.6. The van der Waals surface area contributed by atoms with E-state index in [1.165, 1.54) is 77.0 Å². The Balaban J connectivity index is 4.02. The van der Waals surface area contributed by atoms with Gasteiger partial charge in [0.1, 0.15) is 19.8 Å². The highest BCUT2D eigenvalue weighted by atomic mass is 31.2. The van der Waals surface area contributed by atoms with Gasteiger partial charge in [-0.1, -0.05) is 109 Å². The van der Waals surface area contributed by atoms with Crippen LogP contribution in [0.4, 0.5) is 0 Å². The molecule has 1 N–H and O–H groups in total. The number of nitrogens with zero attached hydrogens (tertiary/aromatic N) is 1. The van der Waals surface area contributed by atoms with Gasteiger partial charge in [-0.3, -0.25) is 18.6 Å². The van der Waals surface area contributed by atoms with Crippen molar-refractivity contribution in [2.45, 2.75) is 148 Å². The number of hydrogen-bond donors (Lipinski definition) is 1. The fraction of sp³-hybridized carbons (Fsp3) is 0.833. The Hall–Kier alpha value is -1.51. The van der Waals surface area contributed by atoms with Crippen LogP contribution in [0.25, 0.3) is 0 Å². The molecule has 0 aliphatic carbocycles. The number of allylic oxidation sites excluding steroid dienone is 4. The van der Waals surface area contributed by atoms with Crippen molar-refractivity contribution in [3.63, 3.8) is 0 Å². The van der Waals surface area contributed by atoms with Crippen LogP contribution in [-0.2, 0) is 32.7 Å². The summed E-state index contributed by atoms with van der Waals surface area (Å²) in [6.07, 6.45) is 29.6. The van der Waals surface area contributed by atoms with Gasteiger partial charge in [-0.15, -0.1) is 0 Å². The molecule has 0 aliphatic heterocycles. The van der Waals surface area contributed by atoms with E-state index in [1.807, 2.05) is 28.1 Å². The van der Waals surface area contributed by atoms with Crippen molar-refractivity contribution in [2.75, 3.05) is 47.5 Å². The van der Waals surface area contributed by atoms with Gasteiger partial charge in [0.05, 0.1) is 27.7 Å². The lowest BCUT2D eigenvalue weighted by molar-refractivity contribution is -0.870. The van der Waals surface area contributed by atoms with Crippen LogP contribution in [0.15, 0.2) is 24.3 Å². The maximum absolute atomic E-state index is 12.4. The van der Waals surface area contributed by atoms with Crippen LogP contribution < -0.4 is 0 Å². The molecule has 0 aromatic rings. The Morgan fingerprint density at radius 2 is 1.22 bits per heavy atom. The Labute approximate surface area is 281 Å². The highest BCUT2D eigenvalue weighted by molar-refractivity contribution is 7.47. The smallest absolute Gasteiger partial charge is 0.462 e. The molecule has 0 aromatic heterocycles. The number of quaternary nitrogens is 1. The predicted octanol–water partition coefficient (Wildman–Crippen LogP) is 9.24. The first-order chi connectivity index (χ1) is 22.0. The summed E-state index contributed by atoms with van der Waals surface area (Å²) in [4.78, 5) is 34.2. The van der Waals surface area contributed by atoms with Crippen LogP contribution in [0.2, 0.25) is 0 Å². The molecule has 2 atom stereocenters. The Bertz CT molecular complexity index is 855. The molecule has 0 heterocycles. The maximum atomic E-state index is 12.4. The minimum Gasteiger partial charge on any atom is -0.462 e. The zero-order chi connectivity index (χ0) is 34.4. The highest BCUT2D eigenvalue weighted by Crippen LogP contribution is 2.43. The van der Waals surface area contributed by atoms with E-state index < -0.39 is 32.5 Å². The fourth-order valence-electron chi connectivity index (χ4n) is 4.61. The van der Waals surface area contributed by atoms with Gasteiger partial charge in [0.2, 0.25) is 0 Å². The summed E-state index contributed by atoms with van der Waals surface area (Å²) < 4.78 is 33.5. The molecule has 0 amide bonds. The molecule has 10 heteroatoms. The van der Waals surface area contributed by atoms with Crippen molar-refractivity contribution < 1.29 is 42.1 Å².